The Morgan fingerprint density at radius 2 is 2.06 bits per heavy atom. The minimum atomic E-state index is -4.69. The number of halogens is 3. The topological polar surface area (TPSA) is 110 Å². The quantitative estimate of drug-likeness (QED) is 0.513. The van der Waals surface area contributed by atoms with Crippen LogP contribution < -0.4 is 0 Å². The van der Waals surface area contributed by atoms with Crippen molar-refractivity contribution in [2.75, 3.05) is 0 Å². The van der Waals surface area contributed by atoms with Crippen molar-refractivity contribution >= 4 is 25.6 Å². The maximum absolute atomic E-state index is 12.4. The summed E-state index contributed by atoms with van der Waals surface area (Å²) < 4.78 is 46.7. The van der Waals surface area contributed by atoms with Crippen LogP contribution >= 0.6 is 10.7 Å². The molecule has 1 heterocycles. The highest BCUT2D eigenvalue weighted by molar-refractivity contribution is 8.13. The summed E-state index contributed by atoms with van der Waals surface area (Å²) in [5, 5.41) is 18.0. The van der Waals surface area contributed by atoms with Gasteiger partial charge in [0.1, 0.15) is 0 Å². The average molecular weight is 289 g/mol. The predicted molar refractivity (Wildman–Crippen MR) is 50.6 cm³/mol. The van der Waals surface area contributed by atoms with Crippen molar-refractivity contribution in [3.05, 3.63) is 21.7 Å². The standard InChI is InChI=1S/C6H3ClF2N2O5S/c7-17(15,16)6-2(4(8)9)1-3(12)5(10-6)11(13)14/h1,4,12H. The second-order valence-electron chi connectivity index (χ2n) is 2.72. The lowest BCUT2D eigenvalue weighted by atomic mass is 10.3. The molecule has 0 aliphatic carbocycles. The second kappa shape index (κ2) is 4.37. The Labute approximate surface area is 97.2 Å². The molecule has 17 heavy (non-hydrogen) atoms. The van der Waals surface area contributed by atoms with Crippen molar-refractivity contribution in [2.24, 2.45) is 0 Å². The summed E-state index contributed by atoms with van der Waals surface area (Å²) in [6.45, 7) is 0. The minimum absolute atomic E-state index is 0.241. The minimum Gasteiger partial charge on any atom is -0.501 e. The molecule has 1 rings (SSSR count). The third-order valence-electron chi connectivity index (χ3n) is 1.61. The largest absolute Gasteiger partial charge is 0.501 e. The summed E-state index contributed by atoms with van der Waals surface area (Å²) in [6, 6.07) is 0.241. The number of pyridine rings is 1. The molecule has 0 aliphatic heterocycles. The van der Waals surface area contributed by atoms with Gasteiger partial charge in [0.2, 0.25) is 5.75 Å². The van der Waals surface area contributed by atoms with Crippen molar-refractivity contribution in [1.82, 2.24) is 4.98 Å². The van der Waals surface area contributed by atoms with Crippen LogP contribution in [0.1, 0.15) is 12.0 Å². The van der Waals surface area contributed by atoms with Gasteiger partial charge < -0.3 is 15.2 Å². The van der Waals surface area contributed by atoms with Crippen LogP contribution in [0.25, 0.3) is 0 Å². The Balaban J connectivity index is 3.66. The SMILES string of the molecule is O=[N+]([O-])c1nc(S(=O)(=O)Cl)c(C(F)F)cc1O. The van der Waals surface area contributed by atoms with Crippen LogP contribution in [0.15, 0.2) is 11.1 Å². The van der Waals surface area contributed by atoms with Crippen molar-refractivity contribution < 1.29 is 27.2 Å². The summed E-state index contributed by atoms with van der Waals surface area (Å²) in [5.41, 5.74) is -1.21. The lowest BCUT2D eigenvalue weighted by Gasteiger charge is -2.03. The Hall–Kier alpha value is -1.55. The van der Waals surface area contributed by atoms with Gasteiger partial charge in [-0.1, -0.05) is 0 Å². The van der Waals surface area contributed by atoms with Crippen LogP contribution in [0.4, 0.5) is 14.6 Å². The van der Waals surface area contributed by atoms with E-state index in [9.17, 15) is 27.3 Å². The molecule has 0 bridgehead atoms. The molecule has 1 N–H and O–H groups in total. The Morgan fingerprint density at radius 1 is 1.53 bits per heavy atom. The molecule has 0 aliphatic rings. The van der Waals surface area contributed by atoms with Gasteiger partial charge in [-0.2, -0.15) is 0 Å². The van der Waals surface area contributed by atoms with Gasteiger partial charge in [0, 0.05) is 16.7 Å². The van der Waals surface area contributed by atoms with Crippen molar-refractivity contribution in [1.29, 1.82) is 0 Å². The molecule has 11 heteroatoms. The lowest BCUT2D eigenvalue weighted by molar-refractivity contribution is -0.391. The highest BCUT2D eigenvalue weighted by Gasteiger charge is 2.33. The first-order valence-corrected chi connectivity index (χ1v) is 6.06. The Kier molecular flexibility index (Phi) is 3.48. The maximum atomic E-state index is 12.4. The van der Waals surface area contributed by atoms with E-state index in [2.05, 4.69) is 4.98 Å². The monoisotopic (exact) mass is 288 g/mol. The Morgan fingerprint density at radius 3 is 2.41 bits per heavy atom. The highest BCUT2D eigenvalue weighted by Crippen LogP contribution is 2.34. The number of aromatic hydroxyl groups is 1. The van der Waals surface area contributed by atoms with Gasteiger partial charge in [0.25, 0.3) is 11.5 Å². The highest BCUT2D eigenvalue weighted by atomic mass is 35.7. The van der Waals surface area contributed by atoms with E-state index in [4.69, 9.17) is 15.8 Å². The van der Waals surface area contributed by atoms with E-state index in [1.54, 1.807) is 0 Å². The first kappa shape index (κ1) is 13.5. The van der Waals surface area contributed by atoms with Crippen LogP contribution in [0, 0.1) is 10.1 Å². The van der Waals surface area contributed by atoms with E-state index in [1.165, 1.54) is 0 Å². The molecule has 1 aromatic rings. The summed E-state index contributed by atoms with van der Waals surface area (Å²) >= 11 is 0. The van der Waals surface area contributed by atoms with Crippen LogP contribution in [-0.4, -0.2) is 23.4 Å². The zero-order valence-electron chi connectivity index (χ0n) is 7.67. The molecule has 0 spiro atoms. The third kappa shape index (κ3) is 2.77. The van der Waals surface area contributed by atoms with Gasteiger partial charge in [-0.3, -0.25) is 0 Å². The fourth-order valence-electron chi connectivity index (χ4n) is 0.978. The normalized spacial score (nSPS) is 11.8. The number of aromatic nitrogens is 1. The molecule has 0 amide bonds. The van der Waals surface area contributed by atoms with Gasteiger partial charge in [-0.25, -0.2) is 17.2 Å². The molecule has 94 valence electrons. The lowest BCUT2D eigenvalue weighted by Crippen LogP contribution is -2.05. The van der Waals surface area contributed by atoms with E-state index < -0.39 is 42.6 Å². The summed E-state index contributed by atoms with van der Waals surface area (Å²) in [5.74, 6) is -2.44. The number of alkyl halides is 2. The molecule has 0 atom stereocenters. The summed E-state index contributed by atoms with van der Waals surface area (Å²) in [6.07, 6.45) is -3.31. The van der Waals surface area contributed by atoms with Crippen LogP contribution in [0.2, 0.25) is 0 Å². The number of nitro groups is 1. The van der Waals surface area contributed by atoms with Gasteiger partial charge >= 0.3 is 14.9 Å². The van der Waals surface area contributed by atoms with E-state index in [-0.39, 0.29) is 6.07 Å². The fourth-order valence-corrected chi connectivity index (χ4v) is 1.97. The van der Waals surface area contributed by atoms with Gasteiger partial charge in [0.15, 0.2) is 0 Å². The van der Waals surface area contributed by atoms with Crippen LogP contribution in [0.5, 0.6) is 5.75 Å². The number of hydrogen-bond acceptors (Lipinski definition) is 6. The fraction of sp³-hybridized carbons (Fsp3) is 0.167. The van der Waals surface area contributed by atoms with E-state index >= 15 is 0 Å². The maximum Gasteiger partial charge on any atom is 0.407 e. The average Bonchev–Trinajstić information content (AvgIpc) is 2.14. The van der Waals surface area contributed by atoms with E-state index in [0.29, 0.717) is 0 Å². The van der Waals surface area contributed by atoms with Crippen molar-refractivity contribution in [3.63, 3.8) is 0 Å². The number of nitrogens with zero attached hydrogens (tertiary/aromatic N) is 2. The molecular formula is C6H3ClF2N2O5S. The molecule has 0 unspecified atom stereocenters. The van der Waals surface area contributed by atoms with Gasteiger partial charge in [0.05, 0.1) is 5.56 Å². The molecule has 0 aromatic carbocycles. The predicted octanol–water partition coefficient (Wildman–Crippen LogP) is 1.56. The molecule has 0 fully saturated rings. The van der Waals surface area contributed by atoms with Crippen molar-refractivity contribution in [2.45, 2.75) is 11.5 Å². The summed E-state index contributed by atoms with van der Waals surface area (Å²) in [4.78, 5) is 11.9. The van der Waals surface area contributed by atoms with Crippen LogP contribution in [0.3, 0.4) is 0 Å². The van der Waals surface area contributed by atoms with E-state index in [1.807, 2.05) is 0 Å². The molecule has 0 radical (unpaired) electrons. The molecule has 1 aromatic heterocycles. The first-order valence-electron chi connectivity index (χ1n) is 3.75. The zero-order chi connectivity index (χ0) is 13.4. The number of rotatable bonds is 3. The van der Waals surface area contributed by atoms with Gasteiger partial charge in [-0.15, -0.1) is 0 Å². The third-order valence-corrected chi connectivity index (χ3v) is 2.84. The van der Waals surface area contributed by atoms with Crippen molar-refractivity contribution in [3.8, 4) is 5.75 Å². The van der Waals surface area contributed by atoms with Gasteiger partial charge in [-0.05, 0) is 9.91 Å². The Bertz CT molecular complexity index is 576. The first-order chi connectivity index (χ1) is 7.64. The van der Waals surface area contributed by atoms with E-state index in [0.717, 1.165) is 0 Å². The molecular weight excluding hydrogens is 286 g/mol. The number of hydrogen-bond donors (Lipinski definition) is 1. The molecule has 7 nitrogen and oxygen atoms in total. The zero-order valence-corrected chi connectivity index (χ0v) is 9.24. The molecule has 0 saturated heterocycles. The smallest absolute Gasteiger partial charge is 0.407 e. The van der Waals surface area contributed by atoms with Crippen LogP contribution in [-0.2, 0) is 9.05 Å². The molecule has 0 saturated carbocycles. The summed E-state index contributed by atoms with van der Waals surface area (Å²) in [7, 11) is 0.123. The second-order valence-corrected chi connectivity index (χ2v) is 5.20.